The van der Waals surface area contributed by atoms with Gasteiger partial charge >= 0.3 is 11.7 Å². The number of carboxylic acids is 1. The summed E-state index contributed by atoms with van der Waals surface area (Å²) >= 11 is 5.54. The van der Waals surface area contributed by atoms with E-state index in [2.05, 4.69) is 0 Å². The third-order valence-corrected chi connectivity index (χ3v) is 4.08. The fourth-order valence-corrected chi connectivity index (χ4v) is 2.59. The van der Waals surface area contributed by atoms with Gasteiger partial charge in [-0.3, -0.25) is 14.3 Å². The molecule has 27 heavy (non-hydrogen) atoms. The van der Waals surface area contributed by atoms with Crippen LogP contribution >= 0.6 is 11.6 Å². The first-order valence-corrected chi connectivity index (χ1v) is 8.05. The summed E-state index contributed by atoms with van der Waals surface area (Å²) in [5.74, 6) is -0.995. The first-order valence-electron chi connectivity index (χ1n) is 7.68. The zero-order valence-corrected chi connectivity index (χ0v) is 14.5. The predicted molar refractivity (Wildman–Crippen MR) is 92.7 cm³/mol. The second kappa shape index (κ2) is 8.93. The highest BCUT2D eigenvalue weighted by atomic mass is 35.5. The second-order valence-electron chi connectivity index (χ2n) is 5.53. The Morgan fingerprint density at radius 3 is 2.33 bits per heavy atom. The van der Waals surface area contributed by atoms with E-state index in [1.54, 1.807) is 18.2 Å². The molecule has 146 valence electrons. The molecular formula is C16H17ClN2O8. The Hall–Kier alpha value is -2.50. The Kier molecular flexibility index (Phi) is 6.88. The van der Waals surface area contributed by atoms with Crippen molar-refractivity contribution in [2.45, 2.75) is 24.5 Å². The zero-order valence-electron chi connectivity index (χ0n) is 13.7. The third-order valence-electron chi connectivity index (χ3n) is 3.75. The molecule has 1 saturated heterocycles. The SMILES string of the molecule is O=C(O)c1ccccc1Cl.O=c1ccn([C@@H]2O[C@H](CO)[C@@H](O)[C@H]2O)c(=O)[nH]1. The third kappa shape index (κ3) is 4.81. The van der Waals surface area contributed by atoms with Crippen molar-refractivity contribution in [3.05, 3.63) is 68.0 Å². The molecule has 1 aliphatic rings. The number of hydrogen-bond donors (Lipinski definition) is 5. The fraction of sp³-hybridized carbons (Fsp3) is 0.312. The summed E-state index contributed by atoms with van der Waals surface area (Å²) in [6.45, 7) is -0.479. The van der Waals surface area contributed by atoms with Crippen LogP contribution in [0.2, 0.25) is 5.02 Å². The van der Waals surface area contributed by atoms with E-state index in [1.807, 2.05) is 4.98 Å². The molecule has 10 nitrogen and oxygen atoms in total. The lowest BCUT2D eigenvalue weighted by Gasteiger charge is -2.16. The second-order valence-corrected chi connectivity index (χ2v) is 5.94. The van der Waals surface area contributed by atoms with E-state index in [0.717, 1.165) is 16.8 Å². The Morgan fingerprint density at radius 1 is 1.19 bits per heavy atom. The summed E-state index contributed by atoms with van der Waals surface area (Å²) < 4.78 is 6.08. The first kappa shape index (κ1) is 20.8. The monoisotopic (exact) mass is 400 g/mol. The van der Waals surface area contributed by atoms with Gasteiger partial charge in [-0.15, -0.1) is 0 Å². The molecule has 0 radical (unpaired) electrons. The van der Waals surface area contributed by atoms with Gasteiger partial charge in [0.2, 0.25) is 0 Å². The molecular weight excluding hydrogens is 384 g/mol. The number of aromatic amines is 1. The van der Waals surface area contributed by atoms with Crippen LogP contribution in [0.5, 0.6) is 0 Å². The van der Waals surface area contributed by atoms with Crippen molar-refractivity contribution in [2.75, 3.05) is 6.61 Å². The number of halogens is 1. The number of nitrogens with one attached hydrogen (secondary N) is 1. The van der Waals surface area contributed by atoms with E-state index in [-0.39, 0.29) is 10.6 Å². The largest absolute Gasteiger partial charge is 0.478 e. The maximum absolute atomic E-state index is 11.4. The van der Waals surface area contributed by atoms with Gasteiger partial charge in [0.15, 0.2) is 6.23 Å². The van der Waals surface area contributed by atoms with Crippen LogP contribution in [-0.2, 0) is 4.74 Å². The number of carbonyl (C=O) groups is 1. The first-order chi connectivity index (χ1) is 12.8. The van der Waals surface area contributed by atoms with Crippen molar-refractivity contribution < 1.29 is 30.0 Å². The minimum atomic E-state index is -1.35. The Labute approximate surface area is 156 Å². The smallest absolute Gasteiger partial charge is 0.337 e. The van der Waals surface area contributed by atoms with Crippen molar-refractivity contribution in [2.24, 2.45) is 0 Å². The molecule has 4 atom stereocenters. The maximum Gasteiger partial charge on any atom is 0.337 e. The van der Waals surface area contributed by atoms with Gasteiger partial charge in [-0.2, -0.15) is 0 Å². The number of carboxylic acid groups (broad SMARTS) is 1. The normalized spacial score (nSPS) is 24.1. The Bertz CT molecular complexity index is 912. The average molecular weight is 401 g/mol. The van der Waals surface area contributed by atoms with Crippen LogP contribution in [0.25, 0.3) is 0 Å². The topological polar surface area (TPSA) is 162 Å². The van der Waals surface area contributed by atoms with Gasteiger partial charge in [-0.1, -0.05) is 23.7 Å². The van der Waals surface area contributed by atoms with Gasteiger partial charge in [0, 0.05) is 12.3 Å². The van der Waals surface area contributed by atoms with Crippen LogP contribution in [0.15, 0.2) is 46.1 Å². The molecule has 0 amide bonds. The lowest BCUT2D eigenvalue weighted by molar-refractivity contribution is -0.0550. The molecule has 2 heterocycles. The Morgan fingerprint density at radius 2 is 1.85 bits per heavy atom. The number of rotatable bonds is 3. The van der Waals surface area contributed by atoms with Gasteiger partial charge in [-0.05, 0) is 12.1 Å². The van der Waals surface area contributed by atoms with Gasteiger partial charge in [-0.25, -0.2) is 9.59 Å². The Balaban J connectivity index is 0.000000223. The highest BCUT2D eigenvalue weighted by Crippen LogP contribution is 2.27. The number of aromatic carboxylic acids is 1. The lowest BCUT2D eigenvalue weighted by Crippen LogP contribution is -2.37. The van der Waals surface area contributed by atoms with E-state index in [4.69, 9.17) is 26.6 Å². The molecule has 0 unspecified atom stereocenters. The van der Waals surface area contributed by atoms with Gasteiger partial charge in [0.1, 0.15) is 18.3 Å². The summed E-state index contributed by atoms with van der Waals surface area (Å²) in [6.07, 6.45) is -3.58. The van der Waals surface area contributed by atoms with Crippen LogP contribution in [0.3, 0.4) is 0 Å². The molecule has 1 fully saturated rings. The molecule has 2 aromatic rings. The number of nitrogens with zero attached hydrogens (tertiary/aromatic N) is 1. The highest BCUT2D eigenvalue weighted by Gasteiger charge is 2.43. The molecule has 5 N–H and O–H groups in total. The number of benzene rings is 1. The molecule has 0 bridgehead atoms. The molecule has 0 aliphatic carbocycles. The number of aliphatic hydroxyl groups excluding tert-OH is 3. The quantitative estimate of drug-likeness (QED) is 0.446. The minimum Gasteiger partial charge on any atom is -0.478 e. The minimum absolute atomic E-state index is 0.143. The lowest BCUT2D eigenvalue weighted by atomic mass is 10.1. The summed E-state index contributed by atoms with van der Waals surface area (Å²) in [4.78, 5) is 34.6. The standard InChI is InChI=1S/C9H12N2O6.C7H5ClO2/c12-3-4-6(14)7(15)8(17-4)11-2-1-5(13)10-9(11)16;8-6-4-2-1-3-5(6)7(9)10/h1-2,4,6-8,12,14-15H,3H2,(H,10,13,16);1-4H,(H,9,10)/t4-,6-,7-,8-;/m1./s1. The van der Waals surface area contributed by atoms with E-state index < -0.39 is 48.4 Å². The van der Waals surface area contributed by atoms with E-state index in [0.29, 0.717) is 0 Å². The fourth-order valence-electron chi connectivity index (χ4n) is 2.37. The van der Waals surface area contributed by atoms with E-state index in [1.165, 1.54) is 6.07 Å². The van der Waals surface area contributed by atoms with Crippen molar-refractivity contribution in [3.8, 4) is 0 Å². The number of aliphatic hydroxyl groups is 3. The number of aromatic nitrogens is 2. The van der Waals surface area contributed by atoms with Crippen molar-refractivity contribution >= 4 is 17.6 Å². The number of hydrogen-bond acceptors (Lipinski definition) is 7. The van der Waals surface area contributed by atoms with Gasteiger partial charge in [0.25, 0.3) is 5.56 Å². The van der Waals surface area contributed by atoms with Gasteiger partial charge < -0.3 is 25.2 Å². The van der Waals surface area contributed by atoms with Crippen LogP contribution in [-0.4, -0.2) is 60.9 Å². The van der Waals surface area contributed by atoms with Crippen molar-refractivity contribution in [1.82, 2.24) is 9.55 Å². The molecule has 1 aliphatic heterocycles. The molecule has 3 rings (SSSR count). The summed E-state index contributed by atoms with van der Waals surface area (Å²) in [5.41, 5.74) is -1.19. The van der Waals surface area contributed by atoms with E-state index >= 15 is 0 Å². The summed E-state index contributed by atoms with van der Waals surface area (Å²) in [6, 6.07) is 7.43. The number of ether oxygens (including phenoxy) is 1. The molecule has 0 spiro atoms. The molecule has 1 aromatic carbocycles. The van der Waals surface area contributed by atoms with Crippen LogP contribution < -0.4 is 11.2 Å². The van der Waals surface area contributed by atoms with Crippen molar-refractivity contribution in [1.29, 1.82) is 0 Å². The van der Waals surface area contributed by atoms with Crippen LogP contribution in [0, 0.1) is 0 Å². The number of H-pyrrole nitrogens is 1. The summed E-state index contributed by atoms with van der Waals surface area (Å²) in [7, 11) is 0. The van der Waals surface area contributed by atoms with Crippen molar-refractivity contribution in [3.63, 3.8) is 0 Å². The summed E-state index contributed by atoms with van der Waals surface area (Å²) in [5, 5.41) is 36.8. The van der Waals surface area contributed by atoms with E-state index in [9.17, 15) is 24.6 Å². The molecule has 0 saturated carbocycles. The molecule has 11 heteroatoms. The van der Waals surface area contributed by atoms with Gasteiger partial charge in [0.05, 0.1) is 17.2 Å². The highest BCUT2D eigenvalue weighted by molar-refractivity contribution is 6.33. The molecule has 1 aromatic heterocycles. The zero-order chi connectivity index (χ0) is 20.1. The van der Waals surface area contributed by atoms with Crippen LogP contribution in [0.1, 0.15) is 16.6 Å². The predicted octanol–water partition coefficient (Wildman–Crippen LogP) is -0.814. The van der Waals surface area contributed by atoms with Crippen LogP contribution in [0.4, 0.5) is 0 Å². The maximum atomic E-state index is 11.4. The average Bonchev–Trinajstić information content (AvgIpc) is 2.90.